The van der Waals surface area contributed by atoms with Crippen LogP contribution in [0.3, 0.4) is 0 Å². The van der Waals surface area contributed by atoms with Crippen molar-refractivity contribution in [3.8, 4) is 0 Å². The number of rotatable bonds is 4. The van der Waals surface area contributed by atoms with E-state index in [-0.39, 0.29) is 29.5 Å². The van der Waals surface area contributed by atoms with Crippen molar-refractivity contribution in [2.24, 2.45) is 16.6 Å². The third kappa shape index (κ3) is 4.30. The molecule has 8 nitrogen and oxygen atoms in total. The third-order valence-corrected chi connectivity index (χ3v) is 6.88. The third-order valence-electron chi connectivity index (χ3n) is 5.93. The lowest BCUT2D eigenvalue weighted by Gasteiger charge is -2.35. The van der Waals surface area contributed by atoms with Gasteiger partial charge in [-0.3, -0.25) is 4.98 Å². The number of benzene rings is 1. The van der Waals surface area contributed by atoms with Crippen LogP contribution in [0.5, 0.6) is 0 Å². The molecule has 0 saturated carbocycles. The second kappa shape index (κ2) is 8.99. The fourth-order valence-corrected chi connectivity index (χ4v) is 5.29. The van der Waals surface area contributed by atoms with Gasteiger partial charge in [-0.2, -0.15) is 0 Å². The van der Waals surface area contributed by atoms with Crippen LogP contribution < -0.4 is 10.6 Å². The Morgan fingerprint density at radius 2 is 1.97 bits per heavy atom. The first-order valence-corrected chi connectivity index (χ1v) is 11.4. The summed E-state index contributed by atoms with van der Waals surface area (Å²) in [5.41, 5.74) is 5.64. The minimum atomic E-state index is -1.05. The Hall–Kier alpha value is -3.98. The number of hydrogen-bond donors (Lipinski definition) is 1. The molecule has 0 aliphatic carbocycles. The highest BCUT2D eigenvalue weighted by Gasteiger charge is 2.52. The lowest BCUT2D eigenvalue weighted by molar-refractivity contribution is 0.370. The van der Waals surface area contributed by atoms with Crippen molar-refractivity contribution in [2.45, 2.75) is 5.54 Å². The largest absolute Gasteiger partial charge is 0.379 e. The Labute approximate surface area is 202 Å². The van der Waals surface area contributed by atoms with Crippen LogP contribution in [0.1, 0.15) is 16.8 Å². The molecule has 1 aromatic carbocycles. The topological polar surface area (TPSA) is 97.5 Å². The summed E-state index contributed by atoms with van der Waals surface area (Å²) in [6, 6.07) is 4.26. The van der Waals surface area contributed by atoms with Crippen molar-refractivity contribution in [3.63, 3.8) is 0 Å². The van der Waals surface area contributed by atoms with Gasteiger partial charge in [0.2, 0.25) is 5.95 Å². The van der Waals surface area contributed by atoms with Gasteiger partial charge in [0, 0.05) is 23.8 Å². The first kappa shape index (κ1) is 22.8. The van der Waals surface area contributed by atoms with Gasteiger partial charge in [-0.15, -0.1) is 4.98 Å². The standard InChI is InChI=1S/C23H17F3N8S/c1-28-20-9-29-19(8-30-20)18(26)5-13-2-3-17(25)16(4-13)23-12-34(22-31-6-15(24)7-32-22)10-14(23)11-35-21(27)33-23/h2-9,14H,10-12H2,(H2,27,33)/b18-5-/t14-,23-/m0/s1. The Kier molecular flexibility index (Phi) is 5.86. The highest BCUT2D eigenvalue weighted by molar-refractivity contribution is 8.13. The minimum absolute atomic E-state index is 0.0452. The maximum Gasteiger partial charge on any atom is 0.287 e. The van der Waals surface area contributed by atoms with E-state index in [1.165, 1.54) is 42.4 Å². The second-order valence-corrected chi connectivity index (χ2v) is 9.11. The number of amidine groups is 1. The number of halogens is 3. The molecule has 5 rings (SSSR count). The molecule has 2 aliphatic heterocycles. The lowest BCUT2D eigenvalue weighted by atomic mass is 9.81. The summed E-state index contributed by atoms with van der Waals surface area (Å²) in [6.07, 6.45) is 5.71. The van der Waals surface area contributed by atoms with E-state index in [1.54, 1.807) is 6.07 Å². The smallest absolute Gasteiger partial charge is 0.287 e. The Balaban J connectivity index is 1.54. The van der Waals surface area contributed by atoms with E-state index in [2.05, 4.69) is 29.8 Å². The van der Waals surface area contributed by atoms with Gasteiger partial charge in [0.05, 0.1) is 25.1 Å². The molecule has 2 aromatic heterocycles. The summed E-state index contributed by atoms with van der Waals surface area (Å²) in [5.74, 6) is -0.933. The molecule has 0 bridgehead atoms. The van der Waals surface area contributed by atoms with Gasteiger partial charge in [0.1, 0.15) is 23.2 Å². The van der Waals surface area contributed by atoms with Crippen LogP contribution in [-0.2, 0) is 5.54 Å². The zero-order valence-electron chi connectivity index (χ0n) is 18.1. The van der Waals surface area contributed by atoms with E-state index < -0.39 is 23.0 Å². The molecule has 2 atom stereocenters. The average Bonchev–Trinajstić information content (AvgIpc) is 3.25. The number of nitrogens with zero attached hydrogens (tertiary/aromatic N) is 7. The highest BCUT2D eigenvalue weighted by Crippen LogP contribution is 2.47. The van der Waals surface area contributed by atoms with Crippen molar-refractivity contribution >= 4 is 40.6 Å². The van der Waals surface area contributed by atoms with Crippen LogP contribution in [0.25, 0.3) is 16.7 Å². The zero-order chi connectivity index (χ0) is 24.6. The normalized spacial score (nSPS) is 21.9. The molecule has 0 radical (unpaired) electrons. The molecule has 0 amide bonds. The number of hydrogen-bond acceptors (Lipinski definition) is 8. The van der Waals surface area contributed by atoms with Crippen molar-refractivity contribution in [3.05, 3.63) is 82.9 Å². The van der Waals surface area contributed by atoms with Crippen LogP contribution in [-0.4, -0.2) is 43.9 Å². The minimum Gasteiger partial charge on any atom is -0.379 e. The van der Waals surface area contributed by atoms with E-state index >= 15 is 4.39 Å². The molecule has 12 heteroatoms. The molecule has 1 saturated heterocycles. The molecular formula is C23H17F3N8S. The summed E-state index contributed by atoms with van der Waals surface area (Å²) in [4.78, 5) is 25.5. The number of aromatic nitrogens is 4. The fourth-order valence-electron chi connectivity index (χ4n) is 4.31. The Morgan fingerprint density at radius 1 is 1.17 bits per heavy atom. The average molecular weight is 495 g/mol. The van der Waals surface area contributed by atoms with Crippen molar-refractivity contribution in [1.29, 1.82) is 0 Å². The van der Waals surface area contributed by atoms with Crippen molar-refractivity contribution < 1.29 is 13.2 Å². The monoisotopic (exact) mass is 494 g/mol. The molecule has 2 aliphatic rings. The molecule has 0 unspecified atom stereocenters. The summed E-state index contributed by atoms with van der Waals surface area (Å²) >= 11 is 1.38. The van der Waals surface area contributed by atoms with Crippen LogP contribution in [0.15, 0.2) is 48.0 Å². The van der Waals surface area contributed by atoms with E-state index in [4.69, 9.17) is 12.3 Å². The maximum atomic E-state index is 15.3. The molecular weight excluding hydrogens is 477 g/mol. The summed E-state index contributed by atoms with van der Waals surface area (Å²) in [5, 5.41) is 0.324. The molecule has 3 aromatic rings. The van der Waals surface area contributed by atoms with Gasteiger partial charge < -0.3 is 15.5 Å². The van der Waals surface area contributed by atoms with Crippen LogP contribution >= 0.6 is 11.8 Å². The van der Waals surface area contributed by atoms with Gasteiger partial charge >= 0.3 is 0 Å². The molecule has 4 heterocycles. The summed E-state index contributed by atoms with van der Waals surface area (Å²) < 4.78 is 43.4. The first-order chi connectivity index (χ1) is 16.9. The molecule has 1 fully saturated rings. The van der Waals surface area contributed by atoms with E-state index in [9.17, 15) is 8.78 Å². The number of thioether (sulfide) groups is 1. The van der Waals surface area contributed by atoms with Gasteiger partial charge in [-0.25, -0.2) is 28.1 Å². The predicted octanol–water partition coefficient (Wildman–Crippen LogP) is 3.96. The van der Waals surface area contributed by atoms with Crippen LogP contribution in [0, 0.1) is 24.1 Å². The van der Waals surface area contributed by atoms with Crippen molar-refractivity contribution in [1.82, 2.24) is 19.9 Å². The summed E-state index contributed by atoms with van der Waals surface area (Å²) in [6.45, 7) is 7.61. The predicted molar refractivity (Wildman–Crippen MR) is 127 cm³/mol. The van der Waals surface area contributed by atoms with Gasteiger partial charge in [0.15, 0.2) is 16.8 Å². The van der Waals surface area contributed by atoms with Gasteiger partial charge in [-0.05, 0) is 23.8 Å². The zero-order valence-corrected chi connectivity index (χ0v) is 18.9. The highest BCUT2D eigenvalue weighted by atomic mass is 32.2. The Morgan fingerprint density at radius 3 is 2.69 bits per heavy atom. The lowest BCUT2D eigenvalue weighted by Crippen LogP contribution is -2.40. The van der Waals surface area contributed by atoms with Crippen LogP contribution in [0.2, 0.25) is 0 Å². The SMILES string of the molecule is [C-]#[N+]c1cnc(/C(F)=C/c2ccc(F)c([C@]34CN(c5ncc(F)cn5)C[C@H]3CSC(N)=N4)c2)cn1. The fraction of sp³-hybridized carbons (Fsp3) is 0.217. The first-order valence-electron chi connectivity index (χ1n) is 10.5. The van der Waals surface area contributed by atoms with Gasteiger partial charge in [0.25, 0.3) is 5.82 Å². The molecule has 35 heavy (non-hydrogen) atoms. The quantitative estimate of drug-likeness (QED) is 0.549. The number of aliphatic imine (C=N–C) groups is 1. The summed E-state index contributed by atoms with van der Waals surface area (Å²) in [7, 11) is 0. The van der Waals surface area contributed by atoms with E-state index in [0.717, 1.165) is 12.4 Å². The van der Waals surface area contributed by atoms with E-state index in [1.807, 2.05) is 4.90 Å². The maximum absolute atomic E-state index is 15.3. The van der Waals surface area contributed by atoms with Crippen molar-refractivity contribution in [2.75, 3.05) is 23.7 Å². The molecule has 0 spiro atoms. The number of nitrogens with two attached hydrogens (primary N) is 1. The second-order valence-electron chi connectivity index (χ2n) is 8.07. The van der Waals surface area contributed by atoms with Gasteiger partial charge in [-0.1, -0.05) is 24.4 Å². The molecule has 176 valence electrons. The Bertz CT molecular complexity index is 1370. The molecule has 2 N–H and O–H groups in total. The van der Waals surface area contributed by atoms with E-state index in [0.29, 0.717) is 29.0 Å². The number of anilines is 1. The van der Waals surface area contributed by atoms with Crippen LogP contribution in [0.4, 0.5) is 24.9 Å². The number of fused-ring (bicyclic) bond motifs is 1.